The van der Waals surface area contributed by atoms with E-state index in [1.807, 2.05) is 36.4 Å². The van der Waals surface area contributed by atoms with E-state index in [1.165, 1.54) is 6.07 Å². The number of amides is 1. The molecule has 2 aromatic carbocycles. The Morgan fingerprint density at radius 3 is 2.53 bits per heavy atom. The van der Waals surface area contributed by atoms with Gasteiger partial charge in [0, 0.05) is 57.1 Å². The van der Waals surface area contributed by atoms with Gasteiger partial charge in [0.15, 0.2) is 0 Å². The van der Waals surface area contributed by atoms with Crippen LogP contribution in [0.2, 0.25) is 0 Å². The standard InChI is InChI=1S/C27H31FN4O2/c1-31-11-13-32(14-12-31)15-16-34-23-8-9-24(25(28)18-23)26-10-7-22(20-29-26)17-27(33)30-19-21-5-3-2-4-6-21/h2-10,18,20H,11-17,19H2,1H3,(H,30,33). The number of likely N-dealkylation sites (N-methyl/N-ethyl adjacent to an activating group) is 1. The van der Waals surface area contributed by atoms with Crippen molar-refractivity contribution >= 4 is 5.91 Å². The van der Waals surface area contributed by atoms with Crippen LogP contribution in [-0.4, -0.2) is 67.1 Å². The molecule has 0 spiro atoms. The summed E-state index contributed by atoms with van der Waals surface area (Å²) in [4.78, 5) is 21.3. The fourth-order valence-corrected chi connectivity index (χ4v) is 3.89. The number of nitrogens with zero attached hydrogens (tertiary/aromatic N) is 3. The molecule has 4 rings (SSSR count). The maximum absolute atomic E-state index is 14.7. The van der Waals surface area contributed by atoms with Crippen LogP contribution in [0.5, 0.6) is 5.75 Å². The van der Waals surface area contributed by atoms with E-state index >= 15 is 0 Å². The van der Waals surface area contributed by atoms with Crippen molar-refractivity contribution in [2.45, 2.75) is 13.0 Å². The molecule has 6 nitrogen and oxygen atoms in total. The Labute approximate surface area is 200 Å². The van der Waals surface area contributed by atoms with Crippen LogP contribution in [0.4, 0.5) is 4.39 Å². The normalized spacial score (nSPS) is 14.6. The van der Waals surface area contributed by atoms with E-state index in [0.717, 1.165) is 43.9 Å². The number of rotatable bonds is 9. The number of hydrogen-bond donors (Lipinski definition) is 1. The minimum atomic E-state index is -0.377. The van der Waals surface area contributed by atoms with Crippen molar-refractivity contribution in [3.05, 3.63) is 83.8 Å². The molecule has 0 saturated carbocycles. The average molecular weight is 463 g/mol. The van der Waals surface area contributed by atoms with E-state index in [2.05, 4.69) is 27.1 Å². The van der Waals surface area contributed by atoms with Crippen molar-refractivity contribution in [1.82, 2.24) is 20.1 Å². The van der Waals surface area contributed by atoms with Crippen LogP contribution >= 0.6 is 0 Å². The zero-order valence-electron chi connectivity index (χ0n) is 19.5. The lowest BCUT2D eigenvalue weighted by molar-refractivity contribution is -0.120. The van der Waals surface area contributed by atoms with Gasteiger partial charge >= 0.3 is 0 Å². The number of halogens is 1. The van der Waals surface area contributed by atoms with Gasteiger partial charge in [-0.25, -0.2) is 4.39 Å². The second-order valence-electron chi connectivity index (χ2n) is 8.63. The first kappa shape index (κ1) is 23.9. The maximum atomic E-state index is 14.7. The summed E-state index contributed by atoms with van der Waals surface area (Å²) in [5, 5.41) is 2.90. The number of pyridine rings is 1. The van der Waals surface area contributed by atoms with E-state index in [1.54, 1.807) is 24.4 Å². The number of nitrogens with one attached hydrogen (secondary N) is 1. The lowest BCUT2D eigenvalue weighted by Gasteiger charge is -2.32. The summed E-state index contributed by atoms with van der Waals surface area (Å²) in [6.45, 7) is 6.04. The highest BCUT2D eigenvalue weighted by molar-refractivity contribution is 5.78. The maximum Gasteiger partial charge on any atom is 0.224 e. The van der Waals surface area contributed by atoms with Gasteiger partial charge in [-0.15, -0.1) is 0 Å². The van der Waals surface area contributed by atoms with Crippen LogP contribution in [-0.2, 0) is 17.8 Å². The molecule has 0 bridgehead atoms. The van der Waals surface area contributed by atoms with Gasteiger partial charge in [0.1, 0.15) is 18.2 Å². The van der Waals surface area contributed by atoms with E-state index in [9.17, 15) is 9.18 Å². The third-order valence-corrected chi connectivity index (χ3v) is 6.01. The molecule has 178 valence electrons. The predicted octanol–water partition coefficient (Wildman–Crippen LogP) is 3.37. The summed E-state index contributed by atoms with van der Waals surface area (Å²) < 4.78 is 20.5. The van der Waals surface area contributed by atoms with E-state index in [4.69, 9.17) is 4.74 Å². The quantitative estimate of drug-likeness (QED) is 0.529. The van der Waals surface area contributed by atoms with Gasteiger partial charge in [-0.2, -0.15) is 0 Å². The Morgan fingerprint density at radius 2 is 1.82 bits per heavy atom. The second kappa shape index (κ2) is 11.7. The molecule has 1 fully saturated rings. The fraction of sp³-hybridized carbons (Fsp3) is 0.333. The van der Waals surface area contributed by atoms with Crippen LogP contribution in [0.25, 0.3) is 11.3 Å². The molecular weight excluding hydrogens is 431 g/mol. The van der Waals surface area contributed by atoms with Gasteiger partial charge in [-0.3, -0.25) is 14.7 Å². The van der Waals surface area contributed by atoms with Gasteiger partial charge < -0.3 is 15.0 Å². The van der Waals surface area contributed by atoms with Crippen molar-refractivity contribution in [1.29, 1.82) is 0 Å². The molecule has 1 N–H and O–H groups in total. The largest absolute Gasteiger partial charge is 0.492 e. The molecule has 0 aliphatic carbocycles. The number of piperazine rings is 1. The lowest BCUT2D eigenvalue weighted by atomic mass is 10.1. The zero-order valence-corrected chi connectivity index (χ0v) is 19.5. The first-order chi connectivity index (χ1) is 16.6. The van der Waals surface area contributed by atoms with Crippen LogP contribution in [0.3, 0.4) is 0 Å². The molecule has 0 atom stereocenters. The first-order valence-electron chi connectivity index (χ1n) is 11.7. The third kappa shape index (κ3) is 6.85. The SMILES string of the molecule is CN1CCN(CCOc2ccc(-c3ccc(CC(=O)NCc4ccccc4)cn3)c(F)c2)CC1. The molecule has 7 heteroatoms. The predicted molar refractivity (Wildman–Crippen MR) is 131 cm³/mol. The highest BCUT2D eigenvalue weighted by Gasteiger charge is 2.14. The lowest BCUT2D eigenvalue weighted by Crippen LogP contribution is -2.45. The summed E-state index contributed by atoms with van der Waals surface area (Å²) in [5.74, 6) is 0.0581. The molecule has 2 heterocycles. The van der Waals surface area contributed by atoms with E-state index in [-0.39, 0.29) is 18.1 Å². The van der Waals surface area contributed by atoms with E-state index < -0.39 is 0 Å². The molecule has 3 aromatic rings. The second-order valence-corrected chi connectivity index (χ2v) is 8.63. The highest BCUT2D eigenvalue weighted by Crippen LogP contribution is 2.25. The Morgan fingerprint density at radius 1 is 1.03 bits per heavy atom. The van der Waals surface area contributed by atoms with Gasteiger partial charge in [-0.05, 0) is 36.4 Å². The molecule has 1 aliphatic heterocycles. The zero-order chi connectivity index (χ0) is 23.8. The average Bonchev–Trinajstić information content (AvgIpc) is 2.85. The number of hydrogen-bond acceptors (Lipinski definition) is 5. The minimum Gasteiger partial charge on any atom is -0.492 e. The summed E-state index contributed by atoms with van der Waals surface area (Å²) in [6, 6.07) is 18.2. The number of aromatic nitrogens is 1. The molecule has 34 heavy (non-hydrogen) atoms. The number of ether oxygens (including phenoxy) is 1. The minimum absolute atomic E-state index is 0.0809. The third-order valence-electron chi connectivity index (χ3n) is 6.01. The van der Waals surface area contributed by atoms with Crippen LogP contribution in [0.15, 0.2) is 66.9 Å². The van der Waals surface area contributed by atoms with Crippen molar-refractivity contribution in [3.63, 3.8) is 0 Å². The van der Waals surface area contributed by atoms with E-state index in [0.29, 0.717) is 30.2 Å². The highest BCUT2D eigenvalue weighted by atomic mass is 19.1. The molecule has 0 radical (unpaired) electrons. The Bertz CT molecular complexity index is 1070. The van der Waals surface area contributed by atoms with Crippen molar-refractivity contribution in [2.24, 2.45) is 0 Å². The van der Waals surface area contributed by atoms with Gasteiger partial charge in [0.2, 0.25) is 5.91 Å². The van der Waals surface area contributed by atoms with Crippen molar-refractivity contribution in [3.8, 4) is 17.0 Å². The number of carbonyl (C=O) groups excluding carboxylic acids is 1. The number of benzene rings is 2. The molecule has 1 saturated heterocycles. The van der Waals surface area contributed by atoms with Crippen molar-refractivity contribution in [2.75, 3.05) is 46.4 Å². The topological polar surface area (TPSA) is 57.7 Å². The molecule has 1 aliphatic rings. The first-order valence-corrected chi connectivity index (χ1v) is 11.7. The molecule has 0 unspecified atom stereocenters. The van der Waals surface area contributed by atoms with Crippen LogP contribution in [0, 0.1) is 5.82 Å². The van der Waals surface area contributed by atoms with Gasteiger partial charge in [-0.1, -0.05) is 36.4 Å². The summed E-state index contributed by atoms with van der Waals surface area (Å²) in [7, 11) is 2.13. The number of carbonyl (C=O) groups is 1. The summed E-state index contributed by atoms with van der Waals surface area (Å²) in [6.07, 6.45) is 1.85. The summed E-state index contributed by atoms with van der Waals surface area (Å²) >= 11 is 0. The Kier molecular flexibility index (Phi) is 8.22. The smallest absolute Gasteiger partial charge is 0.224 e. The molecule has 1 amide bonds. The Balaban J connectivity index is 1.26. The van der Waals surface area contributed by atoms with Gasteiger partial charge in [0.25, 0.3) is 0 Å². The summed E-state index contributed by atoms with van der Waals surface area (Å²) in [5.41, 5.74) is 2.76. The molecular formula is C27H31FN4O2. The Hall–Kier alpha value is -3.29. The molecule has 1 aromatic heterocycles. The van der Waals surface area contributed by atoms with Crippen LogP contribution < -0.4 is 10.1 Å². The van der Waals surface area contributed by atoms with Crippen LogP contribution in [0.1, 0.15) is 11.1 Å². The fourth-order valence-electron chi connectivity index (χ4n) is 3.89. The van der Waals surface area contributed by atoms with Gasteiger partial charge in [0.05, 0.1) is 12.1 Å². The van der Waals surface area contributed by atoms with Crippen molar-refractivity contribution < 1.29 is 13.9 Å². The monoisotopic (exact) mass is 462 g/mol.